The number of carbonyl (C=O) groups is 1. The first kappa shape index (κ1) is 16.7. The number of piperidine rings is 2. The molecule has 2 aliphatic heterocycles. The van der Waals surface area contributed by atoms with Crippen molar-refractivity contribution in [2.75, 3.05) is 40.3 Å². The Bertz CT molecular complexity index is 297. The van der Waals surface area contributed by atoms with Gasteiger partial charge in [-0.1, -0.05) is 0 Å². The van der Waals surface area contributed by atoms with Crippen LogP contribution in [-0.2, 0) is 4.79 Å². The quantitative estimate of drug-likeness (QED) is 0.834. The number of nitrogens with one attached hydrogen (secondary N) is 1. The Morgan fingerprint density at radius 2 is 2.00 bits per heavy atom. The standard InChI is InChI=1S/C14H27N3O.ClH/c1-14(7-4-8-15-11-14)13(18)17(3)12-5-9-16(2)10-6-12;/h12,15H,4-11H2,1-3H3;1H. The van der Waals surface area contributed by atoms with Crippen LogP contribution in [0.1, 0.15) is 32.6 Å². The molecule has 112 valence electrons. The highest BCUT2D eigenvalue weighted by Crippen LogP contribution is 2.29. The summed E-state index contributed by atoms with van der Waals surface area (Å²) in [7, 11) is 4.16. The minimum atomic E-state index is -0.184. The van der Waals surface area contributed by atoms with Gasteiger partial charge in [0.1, 0.15) is 0 Å². The SMILES string of the molecule is CN1CCC(N(C)C(=O)C2(C)CCCNC2)CC1.Cl. The lowest BCUT2D eigenvalue weighted by atomic mass is 9.81. The first-order valence-electron chi connectivity index (χ1n) is 7.19. The van der Waals surface area contributed by atoms with Crippen LogP contribution in [0.15, 0.2) is 0 Å². The van der Waals surface area contributed by atoms with Gasteiger partial charge in [-0.05, 0) is 59.3 Å². The van der Waals surface area contributed by atoms with Crippen LogP contribution >= 0.6 is 12.4 Å². The Labute approximate surface area is 123 Å². The second-order valence-corrected chi connectivity index (χ2v) is 6.29. The van der Waals surface area contributed by atoms with E-state index in [2.05, 4.69) is 24.2 Å². The van der Waals surface area contributed by atoms with E-state index >= 15 is 0 Å². The molecule has 0 spiro atoms. The molecule has 2 saturated heterocycles. The Morgan fingerprint density at radius 3 is 2.53 bits per heavy atom. The first-order valence-corrected chi connectivity index (χ1v) is 7.19. The van der Waals surface area contributed by atoms with Gasteiger partial charge in [0.15, 0.2) is 0 Å². The third-order valence-corrected chi connectivity index (χ3v) is 4.67. The lowest BCUT2D eigenvalue weighted by Gasteiger charge is -2.41. The molecule has 2 heterocycles. The molecule has 0 saturated carbocycles. The van der Waals surface area contributed by atoms with Gasteiger partial charge in [-0.3, -0.25) is 4.79 Å². The van der Waals surface area contributed by atoms with Gasteiger partial charge in [-0.2, -0.15) is 0 Å². The van der Waals surface area contributed by atoms with Gasteiger partial charge in [0.25, 0.3) is 0 Å². The lowest BCUT2D eigenvalue weighted by molar-refractivity contribution is -0.143. The van der Waals surface area contributed by atoms with Crippen LogP contribution in [-0.4, -0.2) is 62.0 Å². The maximum atomic E-state index is 12.7. The summed E-state index contributed by atoms with van der Waals surface area (Å²) in [6, 6.07) is 0.437. The average Bonchev–Trinajstić information content (AvgIpc) is 2.39. The molecule has 0 aromatic heterocycles. The Morgan fingerprint density at radius 1 is 1.37 bits per heavy atom. The Hall–Kier alpha value is -0.320. The van der Waals surface area contributed by atoms with Crippen LogP contribution in [0.3, 0.4) is 0 Å². The number of hydrogen-bond acceptors (Lipinski definition) is 3. The molecule has 4 nitrogen and oxygen atoms in total. The molecule has 2 rings (SSSR count). The summed E-state index contributed by atoms with van der Waals surface area (Å²) in [5.74, 6) is 0.337. The topological polar surface area (TPSA) is 35.6 Å². The van der Waals surface area contributed by atoms with Gasteiger partial charge >= 0.3 is 0 Å². The summed E-state index contributed by atoms with van der Waals surface area (Å²) in [6.07, 6.45) is 4.36. The summed E-state index contributed by atoms with van der Waals surface area (Å²) >= 11 is 0. The van der Waals surface area contributed by atoms with Gasteiger partial charge in [0.05, 0.1) is 5.41 Å². The van der Waals surface area contributed by atoms with E-state index < -0.39 is 0 Å². The molecule has 0 bridgehead atoms. The lowest BCUT2D eigenvalue weighted by Crippen LogP contribution is -2.53. The molecule has 19 heavy (non-hydrogen) atoms. The van der Waals surface area contributed by atoms with Crippen LogP contribution < -0.4 is 5.32 Å². The van der Waals surface area contributed by atoms with Crippen molar-refractivity contribution in [2.24, 2.45) is 5.41 Å². The third kappa shape index (κ3) is 3.83. The molecule has 1 N–H and O–H groups in total. The maximum Gasteiger partial charge on any atom is 0.229 e. The fourth-order valence-corrected chi connectivity index (χ4v) is 3.21. The third-order valence-electron chi connectivity index (χ3n) is 4.67. The van der Waals surface area contributed by atoms with Gasteiger partial charge in [-0.15, -0.1) is 12.4 Å². The van der Waals surface area contributed by atoms with E-state index in [9.17, 15) is 4.79 Å². The smallest absolute Gasteiger partial charge is 0.229 e. The van der Waals surface area contributed by atoms with E-state index in [-0.39, 0.29) is 17.8 Å². The Balaban J connectivity index is 0.00000180. The van der Waals surface area contributed by atoms with Crippen LogP contribution in [0.2, 0.25) is 0 Å². The van der Waals surface area contributed by atoms with E-state index in [1.165, 1.54) is 0 Å². The molecule has 5 heteroatoms. The molecule has 0 aromatic rings. The fraction of sp³-hybridized carbons (Fsp3) is 0.929. The zero-order chi connectivity index (χ0) is 13.2. The molecule has 1 amide bonds. The second kappa shape index (κ2) is 6.91. The van der Waals surface area contributed by atoms with Crippen molar-refractivity contribution in [1.29, 1.82) is 0 Å². The predicted octanol–water partition coefficient (Wildman–Crippen LogP) is 1.35. The van der Waals surface area contributed by atoms with Crippen molar-refractivity contribution in [1.82, 2.24) is 15.1 Å². The van der Waals surface area contributed by atoms with E-state index in [1.807, 2.05) is 11.9 Å². The molecular weight excluding hydrogens is 262 g/mol. The summed E-state index contributed by atoms with van der Waals surface area (Å²) in [5, 5.41) is 3.37. The summed E-state index contributed by atoms with van der Waals surface area (Å²) in [4.78, 5) is 17.0. The molecule has 0 aliphatic carbocycles. The molecule has 2 aliphatic rings. The van der Waals surface area contributed by atoms with Crippen molar-refractivity contribution in [3.05, 3.63) is 0 Å². The van der Waals surface area contributed by atoms with Crippen molar-refractivity contribution in [3.8, 4) is 0 Å². The summed E-state index contributed by atoms with van der Waals surface area (Å²) in [6.45, 7) is 6.23. The highest BCUT2D eigenvalue weighted by Gasteiger charge is 2.38. The predicted molar refractivity (Wildman–Crippen MR) is 80.7 cm³/mol. The molecule has 1 unspecified atom stereocenters. The maximum absolute atomic E-state index is 12.7. The van der Waals surface area contributed by atoms with Gasteiger partial charge < -0.3 is 15.1 Å². The van der Waals surface area contributed by atoms with Crippen LogP contribution in [0, 0.1) is 5.41 Å². The number of amides is 1. The number of hydrogen-bond donors (Lipinski definition) is 1. The number of rotatable bonds is 2. The average molecular weight is 290 g/mol. The second-order valence-electron chi connectivity index (χ2n) is 6.29. The summed E-state index contributed by atoms with van der Waals surface area (Å²) < 4.78 is 0. The molecule has 0 aromatic carbocycles. The van der Waals surface area contributed by atoms with E-state index in [0.717, 1.165) is 51.9 Å². The molecule has 1 atom stereocenters. The zero-order valence-electron chi connectivity index (χ0n) is 12.4. The number of likely N-dealkylation sites (tertiary alicyclic amines) is 1. The Kier molecular flexibility index (Phi) is 6.09. The van der Waals surface area contributed by atoms with E-state index in [0.29, 0.717) is 11.9 Å². The largest absolute Gasteiger partial charge is 0.342 e. The zero-order valence-corrected chi connectivity index (χ0v) is 13.3. The van der Waals surface area contributed by atoms with Gasteiger partial charge in [-0.25, -0.2) is 0 Å². The first-order chi connectivity index (χ1) is 8.53. The summed E-state index contributed by atoms with van der Waals surface area (Å²) in [5.41, 5.74) is -0.184. The monoisotopic (exact) mass is 289 g/mol. The van der Waals surface area contributed by atoms with Crippen molar-refractivity contribution in [3.63, 3.8) is 0 Å². The van der Waals surface area contributed by atoms with Crippen LogP contribution in [0.5, 0.6) is 0 Å². The minimum Gasteiger partial charge on any atom is -0.342 e. The van der Waals surface area contributed by atoms with Gasteiger partial charge in [0.2, 0.25) is 5.91 Å². The number of carbonyl (C=O) groups excluding carboxylic acids is 1. The number of nitrogens with zero attached hydrogens (tertiary/aromatic N) is 2. The van der Waals surface area contributed by atoms with Crippen molar-refractivity contribution >= 4 is 18.3 Å². The highest BCUT2D eigenvalue weighted by molar-refractivity contribution is 5.85. The normalized spacial score (nSPS) is 29.6. The van der Waals surface area contributed by atoms with Crippen LogP contribution in [0.25, 0.3) is 0 Å². The molecular formula is C14H28ClN3O. The van der Waals surface area contributed by atoms with Crippen molar-refractivity contribution < 1.29 is 4.79 Å². The van der Waals surface area contributed by atoms with Crippen LogP contribution in [0.4, 0.5) is 0 Å². The van der Waals surface area contributed by atoms with E-state index in [1.54, 1.807) is 0 Å². The minimum absolute atomic E-state index is 0. The van der Waals surface area contributed by atoms with E-state index in [4.69, 9.17) is 0 Å². The van der Waals surface area contributed by atoms with Crippen molar-refractivity contribution in [2.45, 2.75) is 38.6 Å². The molecule has 0 radical (unpaired) electrons. The molecule has 2 fully saturated rings. The van der Waals surface area contributed by atoms with Gasteiger partial charge in [0, 0.05) is 19.6 Å². The fourth-order valence-electron chi connectivity index (χ4n) is 3.21. The highest BCUT2D eigenvalue weighted by atomic mass is 35.5. The number of halogens is 1.